The highest BCUT2D eigenvalue weighted by molar-refractivity contribution is 9.10. The lowest BCUT2D eigenvalue weighted by Gasteiger charge is -2.15. The molecule has 1 atom stereocenters. The monoisotopic (exact) mass is 409 g/mol. The molecule has 0 aliphatic carbocycles. The average Bonchev–Trinajstić information content (AvgIpc) is 3.22. The van der Waals surface area contributed by atoms with Gasteiger partial charge in [0.1, 0.15) is 11.6 Å². The lowest BCUT2D eigenvalue weighted by atomic mass is 10.1. The first kappa shape index (κ1) is 17.3. The summed E-state index contributed by atoms with van der Waals surface area (Å²) in [7, 11) is 0. The zero-order valence-electron chi connectivity index (χ0n) is 14.9. The lowest BCUT2D eigenvalue weighted by molar-refractivity contribution is 0.320. The van der Waals surface area contributed by atoms with Gasteiger partial charge < -0.3 is 4.42 Å². The van der Waals surface area contributed by atoms with Gasteiger partial charge in [0.25, 0.3) is 0 Å². The Hall–Kier alpha value is -2.16. The van der Waals surface area contributed by atoms with Crippen molar-refractivity contribution in [1.82, 2.24) is 9.88 Å². The summed E-state index contributed by atoms with van der Waals surface area (Å²) >= 11 is 3.55. The molecule has 1 aliphatic rings. The van der Waals surface area contributed by atoms with Crippen LogP contribution in [0.3, 0.4) is 0 Å². The number of nitrogens with zero attached hydrogens (tertiary/aromatic N) is 3. The van der Waals surface area contributed by atoms with Crippen molar-refractivity contribution in [2.75, 3.05) is 13.1 Å². The summed E-state index contributed by atoms with van der Waals surface area (Å²) in [4.78, 5) is 7.12. The summed E-state index contributed by atoms with van der Waals surface area (Å²) in [6.45, 7) is 7.39. The van der Waals surface area contributed by atoms with Gasteiger partial charge in [-0.3, -0.25) is 4.90 Å². The summed E-state index contributed by atoms with van der Waals surface area (Å²) in [5.41, 5.74) is 5.00. The number of rotatable bonds is 3. The van der Waals surface area contributed by atoms with E-state index in [9.17, 15) is 5.26 Å². The number of fused-ring (bicyclic) bond motifs is 1. The van der Waals surface area contributed by atoms with Crippen LogP contribution in [0.15, 0.2) is 39.2 Å². The van der Waals surface area contributed by atoms with Crippen molar-refractivity contribution < 1.29 is 4.42 Å². The van der Waals surface area contributed by atoms with E-state index in [1.807, 2.05) is 31.2 Å². The maximum Gasteiger partial charge on any atom is 0.227 e. The standard InChI is InChI=1S/C21H20BrN3O/c1-13-6-7-25(11-13)12-15-8-16(10-23)20-19(9-15)24-21(26-20)17-4-3-5-18(22)14(17)2/h3-5,8-9,13H,6-7,11-12H2,1-2H3. The van der Waals surface area contributed by atoms with Gasteiger partial charge in [-0.15, -0.1) is 0 Å². The molecule has 4 rings (SSSR count). The first-order valence-electron chi connectivity index (χ1n) is 8.86. The van der Waals surface area contributed by atoms with Gasteiger partial charge in [-0.1, -0.05) is 28.9 Å². The van der Waals surface area contributed by atoms with Gasteiger partial charge in [0, 0.05) is 23.1 Å². The molecule has 5 heteroatoms. The predicted octanol–water partition coefficient (Wildman–Crippen LogP) is 5.28. The van der Waals surface area contributed by atoms with Gasteiger partial charge in [-0.05, 0) is 61.2 Å². The minimum Gasteiger partial charge on any atom is -0.435 e. The number of benzene rings is 2. The minimum atomic E-state index is 0.552. The molecule has 0 spiro atoms. The maximum absolute atomic E-state index is 9.58. The first-order valence-corrected chi connectivity index (χ1v) is 9.66. The fraction of sp³-hybridized carbons (Fsp3) is 0.333. The van der Waals surface area contributed by atoms with E-state index in [-0.39, 0.29) is 0 Å². The second-order valence-corrected chi connectivity index (χ2v) is 8.02. The molecule has 0 bridgehead atoms. The van der Waals surface area contributed by atoms with Crippen molar-refractivity contribution in [3.05, 3.63) is 51.5 Å². The predicted molar refractivity (Wildman–Crippen MR) is 106 cm³/mol. The number of aromatic nitrogens is 1. The summed E-state index contributed by atoms with van der Waals surface area (Å²) in [5.74, 6) is 1.30. The quantitative estimate of drug-likeness (QED) is 0.590. The third-order valence-corrected chi connectivity index (χ3v) is 5.94. The van der Waals surface area contributed by atoms with Gasteiger partial charge >= 0.3 is 0 Å². The van der Waals surface area contributed by atoms with Gasteiger partial charge in [0.2, 0.25) is 5.89 Å². The van der Waals surface area contributed by atoms with Crippen molar-refractivity contribution in [2.24, 2.45) is 5.92 Å². The van der Waals surface area contributed by atoms with Crippen LogP contribution in [-0.2, 0) is 6.54 Å². The van der Waals surface area contributed by atoms with Crippen LogP contribution in [0.1, 0.15) is 30.0 Å². The summed E-state index contributed by atoms with van der Waals surface area (Å²) in [6.07, 6.45) is 1.24. The molecule has 2 heterocycles. The van der Waals surface area contributed by atoms with Crippen LogP contribution in [0.5, 0.6) is 0 Å². The van der Waals surface area contributed by atoms with Crippen LogP contribution in [0, 0.1) is 24.2 Å². The van der Waals surface area contributed by atoms with E-state index in [4.69, 9.17) is 4.42 Å². The fourth-order valence-corrected chi connectivity index (χ4v) is 4.01. The highest BCUT2D eigenvalue weighted by atomic mass is 79.9. The highest BCUT2D eigenvalue weighted by Crippen LogP contribution is 2.32. The van der Waals surface area contributed by atoms with Crippen LogP contribution >= 0.6 is 15.9 Å². The van der Waals surface area contributed by atoms with E-state index in [0.29, 0.717) is 17.0 Å². The molecule has 0 amide bonds. The highest BCUT2D eigenvalue weighted by Gasteiger charge is 2.20. The average molecular weight is 410 g/mol. The second-order valence-electron chi connectivity index (χ2n) is 7.16. The molecule has 0 radical (unpaired) electrons. The molecule has 1 unspecified atom stereocenters. The van der Waals surface area contributed by atoms with Crippen molar-refractivity contribution in [2.45, 2.75) is 26.8 Å². The molecule has 1 saturated heterocycles. The summed E-state index contributed by atoms with van der Waals surface area (Å²) < 4.78 is 7.00. The summed E-state index contributed by atoms with van der Waals surface area (Å²) in [6, 6.07) is 12.2. The number of halogens is 1. The number of oxazole rings is 1. The van der Waals surface area contributed by atoms with E-state index in [1.54, 1.807) is 0 Å². The van der Waals surface area contributed by atoms with E-state index in [2.05, 4.69) is 44.9 Å². The summed E-state index contributed by atoms with van der Waals surface area (Å²) in [5, 5.41) is 9.58. The van der Waals surface area contributed by atoms with Crippen LogP contribution in [-0.4, -0.2) is 23.0 Å². The number of likely N-dealkylation sites (tertiary alicyclic amines) is 1. The Labute approximate surface area is 161 Å². The van der Waals surface area contributed by atoms with Crippen LogP contribution in [0.4, 0.5) is 0 Å². The largest absolute Gasteiger partial charge is 0.435 e. The third-order valence-electron chi connectivity index (χ3n) is 5.08. The Morgan fingerprint density at radius 3 is 2.96 bits per heavy atom. The molecular weight excluding hydrogens is 390 g/mol. The molecule has 26 heavy (non-hydrogen) atoms. The zero-order chi connectivity index (χ0) is 18.3. The fourth-order valence-electron chi connectivity index (χ4n) is 3.65. The SMILES string of the molecule is Cc1c(Br)cccc1-c1nc2cc(CN3CCC(C)C3)cc(C#N)c2o1. The van der Waals surface area contributed by atoms with Gasteiger partial charge in [-0.25, -0.2) is 4.98 Å². The van der Waals surface area contributed by atoms with Crippen LogP contribution in [0.2, 0.25) is 0 Å². The Bertz CT molecular complexity index is 1020. The molecule has 3 aromatic rings. The molecule has 4 nitrogen and oxygen atoms in total. The maximum atomic E-state index is 9.58. The Morgan fingerprint density at radius 1 is 1.38 bits per heavy atom. The smallest absolute Gasteiger partial charge is 0.227 e. The minimum absolute atomic E-state index is 0.552. The molecule has 1 aliphatic heterocycles. The first-order chi connectivity index (χ1) is 12.5. The molecule has 2 aromatic carbocycles. The van der Waals surface area contributed by atoms with Gasteiger partial charge in [0.15, 0.2) is 5.58 Å². The van der Waals surface area contributed by atoms with Crippen molar-refractivity contribution >= 4 is 27.0 Å². The molecular formula is C21H20BrN3O. The normalized spacial score (nSPS) is 17.7. The van der Waals surface area contributed by atoms with Crippen molar-refractivity contribution in [3.8, 4) is 17.5 Å². The molecule has 1 fully saturated rings. The third kappa shape index (κ3) is 3.15. The van der Waals surface area contributed by atoms with Crippen molar-refractivity contribution in [1.29, 1.82) is 5.26 Å². The van der Waals surface area contributed by atoms with E-state index in [0.717, 1.165) is 52.2 Å². The topological polar surface area (TPSA) is 53.1 Å². The van der Waals surface area contributed by atoms with E-state index in [1.165, 1.54) is 6.42 Å². The van der Waals surface area contributed by atoms with Gasteiger partial charge in [0.05, 0.1) is 5.56 Å². The van der Waals surface area contributed by atoms with E-state index >= 15 is 0 Å². The number of nitriles is 1. The number of hydrogen-bond acceptors (Lipinski definition) is 4. The zero-order valence-corrected chi connectivity index (χ0v) is 16.5. The lowest BCUT2D eigenvalue weighted by Crippen LogP contribution is -2.19. The second kappa shape index (κ2) is 6.86. The molecule has 132 valence electrons. The Balaban J connectivity index is 1.75. The number of hydrogen-bond donors (Lipinski definition) is 0. The van der Waals surface area contributed by atoms with Gasteiger partial charge in [-0.2, -0.15) is 5.26 Å². The van der Waals surface area contributed by atoms with E-state index < -0.39 is 0 Å². The van der Waals surface area contributed by atoms with Crippen LogP contribution in [0.25, 0.3) is 22.6 Å². The Morgan fingerprint density at radius 2 is 2.23 bits per heavy atom. The van der Waals surface area contributed by atoms with Crippen molar-refractivity contribution in [3.63, 3.8) is 0 Å². The Kier molecular flexibility index (Phi) is 4.56. The molecule has 1 aromatic heterocycles. The molecule has 0 saturated carbocycles. The molecule has 0 N–H and O–H groups in total. The van der Waals surface area contributed by atoms with Crippen LogP contribution < -0.4 is 0 Å².